The minimum Gasteiger partial charge on any atom is -0.477 e. The molecule has 1 amide bonds. The number of rotatable bonds is 5. The van der Waals surface area contributed by atoms with Gasteiger partial charge in [0, 0.05) is 23.8 Å². The number of H-pyrrole nitrogens is 1. The smallest absolute Gasteiger partial charge is 0.354 e. The number of aromatic nitrogens is 4. The molecular formula is C19H21N5O4. The van der Waals surface area contributed by atoms with E-state index < -0.39 is 11.9 Å². The molecule has 0 saturated heterocycles. The third-order valence-electron chi connectivity index (χ3n) is 4.44. The summed E-state index contributed by atoms with van der Waals surface area (Å²) in [6.45, 7) is 7.36. The number of nitrogens with zero attached hydrogens (tertiary/aromatic N) is 3. The maximum absolute atomic E-state index is 12.8. The van der Waals surface area contributed by atoms with Gasteiger partial charge in [-0.2, -0.15) is 5.10 Å². The van der Waals surface area contributed by atoms with E-state index in [1.54, 1.807) is 18.5 Å². The first-order valence-electron chi connectivity index (χ1n) is 8.78. The highest BCUT2D eigenvalue weighted by Gasteiger charge is 2.20. The quantitative estimate of drug-likeness (QED) is 0.617. The van der Waals surface area contributed by atoms with Crippen molar-refractivity contribution < 1.29 is 14.7 Å². The lowest BCUT2D eigenvalue weighted by atomic mass is 10.1. The predicted molar refractivity (Wildman–Crippen MR) is 103 cm³/mol. The Morgan fingerprint density at radius 1 is 1.29 bits per heavy atom. The van der Waals surface area contributed by atoms with Gasteiger partial charge in [-0.15, -0.1) is 0 Å². The average molecular weight is 383 g/mol. The summed E-state index contributed by atoms with van der Waals surface area (Å²) in [6.07, 6.45) is 1.49. The van der Waals surface area contributed by atoms with Crippen LogP contribution < -0.4 is 10.9 Å². The number of pyridine rings is 2. The SMILES string of the molecule is Cc1cc(C)c(CNC(=O)c2cc(C(=O)O)nc3c2cnn3C(C)C)c(=O)[nH]1. The molecule has 3 aromatic heterocycles. The number of carboxylic acid groups (broad SMARTS) is 1. The molecule has 9 nitrogen and oxygen atoms in total. The second-order valence-electron chi connectivity index (χ2n) is 6.91. The number of aromatic amines is 1. The van der Waals surface area contributed by atoms with Gasteiger partial charge >= 0.3 is 5.97 Å². The molecule has 9 heteroatoms. The molecule has 0 atom stereocenters. The molecule has 0 spiro atoms. The van der Waals surface area contributed by atoms with Crippen molar-refractivity contribution in [2.75, 3.05) is 0 Å². The number of aromatic carboxylic acids is 1. The molecule has 0 aromatic carbocycles. The van der Waals surface area contributed by atoms with Crippen LogP contribution in [0.5, 0.6) is 0 Å². The topological polar surface area (TPSA) is 130 Å². The van der Waals surface area contributed by atoms with Crippen molar-refractivity contribution >= 4 is 22.9 Å². The fourth-order valence-electron chi connectivity index (χ4n) is 3.06. The van der Waals surface area contributed by atoms with Gasteiger partial charge in [-0.25, -0.2) is 14.5 Å². The Kier molecular flexibility index (Phi) is 5.00. The molecule has 0 fully saturated rings. The molecule has 0 aliphatic rings. The summed E-state index contributed by atoms with van der Waals surface area (Å²) in [4.78, 5) is 43.2. The van der Waals surface area contributed by atoms with Crippen LogP contribution in [-0.2, 0) is 6.54 Å². The summed E-state index contributed by atoms with van der Waals surface area (Å²) in [5.41, 5.74) is 1.90. The van der Waals surface area contributed by atoms with Crippen LogP contribution in [0.1, 0.15) is 57.6 Å². The molecular weight excluding hydrogens is 362 g/mol. The summed E-state index contributed by atoms with van der Waals surface area (Å²) in [5.74, 6) is -1.74. The number of amides is 1. The predicted octanol–water partition coefficient (Wildman–Crippen LogP) is 1.95. The fourth-order valence-corrected chi connectivity index (χ4v) is 3.06. The third kappa shape index (κ3) is 3.51. The molecule has 3 heterocycles. The van der Waals surface area contributed by atoms with Crippen LogP contribution in [0.2, 0.25) is 0 Å². The van der Waals surface area contributed by atoms with Crippen molar-refractivity contribution in [1.29, 1.82) is 0 Å². The zero-order valence-corrected chi connectivity index (χ0v) is 16.0. The van der Waals surface area contributed by atoms with Gasteiger partial charge in [0.2, 0.25) is 0 Å². The van der Waals surface area contributed by atoms with E-state index >= 15 is 0 Å². The Balaban J connectivity index is 2.00. The first-order valence-corrected chi connectivity index (χ1v) is 8.78. The lowest BCUT2D eigenvalue weighted by Gasteiger charge is -2.10. The molecule has 0 bridgehead atoms. The first kappa shape index (κ1) is 19.3. The molecule has 146 valence electrons. The van der Waals surface area contributed by atoms with Gasteiger partial charge in [-0.1, -0.05) is 0 Å². The van der Waals surface area contributed by atoms with Crippen molar-refractivity contribution in [1.82, 2.24) is 25.1 Å². The molecule has 3 rings (SSSR count). The Hall–Kier alpha value is -3.49. The van der Waals surface area contributed by atoms with Crippen LogP contribution in [0.25, 0.3) is 11.0 Å². The van der Waals surface area contributed by atoms with Gasteiger partial charge in [-0.05, 0) is 45.4 Å². The number of hydrogen-bond donors (Lipinski definition) is 3. The summed E-state index contributed by atoms with van der Waals surface area (Å²) in [6, 6.07) is 2.99. The Labute approximate surface area is 160 Å². The standard InChI is InChI=1S/C19H21N5O4/c1-9(2)24-16-14(8-21-24)12(6-15(23-16)19(27)28)17(25)20-7-13-10(3)5-11(4)22-18(13)26/h5-6,8-9H,7H2,1-4H3,(H,20,25)(H,22,26)(H,27,28). The maximum Gasteiger partial charge on any atom is 0.354 e. The van der Waals surface area contributed by atoms with Crippen LogP contribution in [0.4, 0.5) is 0 Å². The molecule has 0 saturated carbocycles. The number of carbonyl (C=O) groups is 2. The molecule has 3 N–H and O–H groups in total. The van der Waals surface area contributed by atoms with E-state index in [9.17, 15) is 19.5 Å². The van der Waals surface area contributed by atoms with Crippen molar-refractivity contribution in [2.24, 2.45) is 0 Å². The highest BCUT2D eigenvalue weighted by Crippen LogP contribution is 2.21. The maximum atomic E-state index is 12.8. The number of fused-ring (bicyclic) bond motifs is 1. The molecule has 0 aliphatic heterocycles. The minimum absolute atomic E-state index is 0.0187. The Bertz CT molecular complexity index is 1140. The van der Waals surface area contributed by atoms with Gasteiger partial charge in [0.05, 0.1) is 17.1 Å². The van der Waals surface area contributed by atoms with Crippen LogP contribution >= 0.6 is 0 Å². The van der Waals surface area contributed by atoms with Gasteiger partial charge in [0.25, 0.3) is 11.5 Å². The van der Waals surface area contributed by atoms with Gasteiger partial charge < -0.3 is 15.4 Å². The van der Waals surface area contributed by atoms with E-state index in [1.807, 2.05) is 19.9 Å². The van der Waals surface area contributed by atoms with Gasteiger partial charge in [0.1, 0.15) is 0 Å². The summed E-state index contributed by atoms with van der Waals surface area (Å²) < 4.78 is 1.56. The Morgan fingerprint density at radius 3 is 2.61 bits per heavy atom. The van der Waals surface area contributed by atoms with Gasteiger partial charge in [-0.3, -0.25) is 9.59 Å². The molecule has 3 aromatic rings. The van der Waals surface area contributed by atoms with Crippen LogP contribution in [-0.4, -0.2) is 36.7 Å². The second kappa shape index (κ2) is 7.26. The summed E-state index contributed by atoms with van der Waals surface area (Å²) >= 11 is 0. The number of carbonyl (C=O) groups excluding carboxylic acids is 1. The van der Waals surface area contributed by atoms with Crippen molar-refractivity contribution in [3.8, 4) is 0 Å². The van der Waals surface area contributed by atoms with E-state index in [0.717, 1.165) is 11.3 Å². The van der Waals surface area contributed by atoms with E-state index in [1.165, 1.54) is 12.3 Å². The van der Waals surface area contributed by atoms with Crippen molar-refractivity contribution in [3.05, 3.63) is 56.8 Å². The number of nitrogens with one attached hydrogen (secondary N) is 2. The van der Waals surface area contributed by atoms with Gasteiger partial charge in [0.15, 0.2) is 11.3 Å². The summed E-state index contributed by atoms with van der Waals surface area (Å²) in [5, 5.41) is 16.7. The zero-order valence-electron chi connectivity index (χ0n) is 16.0. The zero-order chi connectivity index (χ0) is 20.6. The lowest BCUT2D eigenvalue weighted by Crippen LogP contribution is -2.28. The average Bonchev–Trinajstić information content (AvgIpc) is 3.03. The van der Waals surface area contributed by atoms with E-state index in [0.29, 0.717) is 16.6 Å². The Morgan fingerprint density at radius 2 is 2.00 bits per heavy atom. The van der Waals surface area contributed by atoms with E-state index in [2.05, 4.69) is 20.4 Å². The molecule has 0 aliphatic carbocycles. The normalized spacial score (nSPS) is 11.2. The largest absolute Gasteiger partial charge is 0.477 e. The highest BCUT2D eigenvalue weighted by atomic mass is 16.4. The minimum atomic E-state index is -1.24. The monoisotopic (exact) mass is 383 g/mol. The second-order valence-corrected chi connectivity index (χ2v) is 6.91. The van der Waals surface area contributed by atoms with Crippen LogP contribution in [0.3, 0.4) is 0 Å². The molecule has 28 heavy (non-hydrogen) atoms. The molecule has 0 unspecified atom stereocenters. The highest BCUT2D eigenvalue weighted by molar-refractivity contribution is 6.07. The number of hydrogen-bond acceptors (Lipinski definition) is 5. The summed E-state index contributed by atoms with van der Waals surface area (Å²) in [7, 11) is 0. The van der Waals surface area contributed by atoms with Crippen LogP contribution in [0, 0.1) is 13.8 Å². The lowest BCUT2D eigenvalue weighted by molar-refractivity contribution is 0.0690. The first-order chi connectivity index (χ1) is 13.2. The van der Waals surface area contributed by atoms with Crippen LogP contribution in [0.15, 0.2) is 23.1 Å². The molecule has 0 radical (unpaired) electrons. The van der Waals surface area contributed by atoms with E-state index in [4.69, 9.17) is 0 Å². The van der Waals surface area contributed by atoms with Crippen molar-refractivity contribution in [3.63, 3.8) is 0 Å². The van der Waals surface area contributed by atoms with E-state index in [-0.39, 0.29) is 29.4 Å². The number of aryl methyl sites for hydroxylation is 2. The fraction of sp³-hybridized carbons (Fsp3) is 0.316. The third-order valence-corrected chi connectivity index (χ3v) is 4.44. The van der Waals surface area contributed by atoms with Crippen molar-refractivity contribution in [2.45, 2.75) is 40.3 Å². The number of carboxylic acids is 1.